The van der Waals surface area contributed by atoms with Crippen LogP contribution in [0.1, 0.15) is 59.7 Å². The first kappa shape index (κ1) is 33.2. The first-order valence-electron chi connectivity index (χ1n) is 15.3. The van der Waals surface area contributed by atoms with E-state index in [2.05, 4.69) is 0 Å². The number of phenols is 1. The highest BCUT2D eigenvalue weighted by Crippen LogP contribution is 2.58. The van der Waals surface area contributed by atoms with Crippen LogP contribution in [0.15, 0.2) is 114 Å². The number of ketones is 1. The van der Waals surface area contributed by atoms with Gasteiger partial charge >= 0.3 is 11.9 Å². The van der Waals surface area contributed by atoms with E-state index in [1.165, 1.54) is 12.1 Å². The maximum Gasteiger partial charge on any atom is 0.346 e. The number of aromatic hydroxyl groups is 1. The molecule has 1 N–H and O–H groups in total. The van der Waals surface area contributed by atoms with E-state index >= 15 is 0 Å². The van der Waals surface area contributed by atoms with Crippen LogP contribution < -0.4 is 26.0 Å². The number of furan rings is 1. The highest BCUT2D eigenvalue weighted by atomic mass is 31.2. The van der Waals surface area contributed by atoms with Crippen molar-refractivity contribution in [2.75, 3.05) is 0 Å². The highest BCUT2D eigenvalue weighted by Gasteiger charge is 2.56. The number of phenolic OH excluding ortho intramolecular Hbond substituents is 1. The number of aryl methyl sites for hydroxylation is 1. The average molecular weight is 646 g/mol. The summed E-state index contributed by atoms with van der Waals surface area (Å²) in [6.45, 7) is 8.88. The molecule has 0 saturated heterocycles. The van der Waals surface area contributed by atoms with Crippen LogP contribution in [0.4, 0.5) is 0 Å². The second-order valence-electron chi connectivity index (χ2n) is 11.6. The lowest BCUT2D eigenvalue weighted by Crippen LogP contribution is -2.41. The number of esters is 1. The quantitative estimate of drug-likeness (QED) is 0.0559. The van der Waals surface area contributed by atoms with Crippen LogP contribution in [0.5, 0.6) is 11.7 Å². The van der Waals surface area contributed by atoms with Crippen molar-refractivity contribution in [3.05, 3.63) is 137 Å². The monoisotopic (exact) mass is 645 g/mol. The van der Waals surface area contributed by atoms with Gasteiger partial charge < -0.3 is 24.4 Å². The average Bonchev–Trinajstić information content (AvgIpc) is 3.42. The van der Waals surface area contributed by atoms with Gasteiger partial charge in [-0.1, -0.05) is 66.2 Å². The molecule has 0 atom stereocenters. The summed E-state index contributed by atoms with van der Waals surface area (Å²) < 4.78 is 18.7. The van der Waals surface area contributed by atoms with Crippen LogP contribution in [0.2, 0.25) is 0 Å². The molecule has 7 nitrogen and oxygen atoms in total. The Balaban J connectivity index is 1.99. The molecule has 0 unspecified atom stereocenters. The van der Waals surface area contributed by atoms with E-state index in [-0.39, 0.29) is 28.6 Å². The Labute approximate surface area is 275 Å². The van der Waals surface area contributed by atoms with Crippen molar-refractivity contribution in [3.8, 4) is 11.7 Å². The van der Waals surface area contributed by atoms with E-state index in [1.807, 2.05) is 111 Å². The fraction of sp³-hybridized carbons (Fsp3) is 0.179. The van der Waals surface area contributed by atoms with Crippen LogP contribution in [0, 0.1) is 6.92 Å². The van der Waals surface area contributed by atoms with Crippen molar-refractivity contribution in [2.45, 2.75) is 46.8 Å². The van der Waals surface area contributed by atoms with Crippen molar-refractivity contribution >= 4 is 51.7 Å². The van der Waals surface area contributed by atoms with Crippen LogP contribution in [-0.2, 0) is 4.74 Å². The van der Waals surface area contributed by atoms with Gasteiger partial charge in [-0.05, 0) is 83.1 Å². The lowest BCUT2D eigenvalue weighted by molar-refractivity contribution is 0.0378. The molecule has 1 heterocycles. The van der Waals surface area contributed by atoms with Gasteiger partial charge in [-0.15, -0.1) is 0 Å². The number of rotatable bonds is 11. The largest absolute Gasteiger partial charge is 0.763 e. The van der Waals surface area contributed by atoms with Gasteiger partial charge in [0.05, 0.1) is 23.3 Å². The molecule has 0 aliphatic carbocycles. The lowest BCUT2D eigenvalue weighted by Gasteiger charge is -2.28. The number of ether oxygens (including phenoxy) is 2. The number of carbonyl (C=O) groups excluding carboxylic acids is 2. The Morgan fingerprint density at radius 1 is 0.787 bits per heavy atom. The van der Waals surface area contributed by atoms with Crippen LogP contribution >= 0.6 is 7.26 Å². The van der Waals surface area contributed by atoms with Crippen molar-refractivity contribution in [2.24, 2.45) is 0 Å². The van der Waals surface area contributed by atoms with Crippen molar-refractivity contribution < 1.29 is 28.6 Å². The number of hydrogen-bond acceptors (Lipinski definition) is 6. The summed E-state index contributed by atoms with van der Waals surface area (Å²) in [5.41, 5.74) is 0.0725. The van der Waals surface area contributed by atoms with Crippen molar-refractivity contribution in [3.63, 3.8) is 0 Å². The molecule has 0 radical (unpaired) electrons. The van der Waals surface area contributed by atoms with Crippen LogP contribution in [-0.4, -0.2) is 34.9 Å². The molecule has 0 bridgehead atoms. The van der Waals surface area contributed by atoms with E-state index in [4.69, 9.17) is 13.9 Å². The smallest absolute Gasteiger partial charge is 0.346 e. The molecule has 5 rings (SSSR count). The van der Waals surface area contributed by atoms with Gasteiger partial charge in [0.1, 0.15) is 21.7 Å². The summed E-state index contributed by atoms with van der Waals surface area (Å²) >= 11 is 0. The maximum atomic E-state index is 14.4. The summed E-state index contributed by atoms with van der Waals surface area (Å²) in [6, 6.07) is 33.9. The SMILES string of the molecule is Cc1ccc(O)c(C(=O)C(=C=[N-])c2oc(OC(C)C)c([P+](c3ccccc3)(c3ccccc3)c3ccccc3)c2C(=O)OC(C)C)c1. The standard InChI is InChI=1S/C39H36NO6P/c1-25(2)44-38(43)34-36(32(24-40)35(42)31-23-27(5)21-22-33(31)41)46-39(45-26(3)4)37(34)47(28-15-9-6-10-16-28,29-17-11-7-12-18-29)30-19-13-8-14-20-30/h6-23,25-26,41H,1-5H3. The number of allylic oxidation sites excluding steroid dienone is 1. The molecule has 4 aromatic carbocycles. The molecule has 238 valence electrons. The number of nitrogens with zero attached hydrogens (tertiary/aromatic N) is 1. The first-order valence-corrected chi connectivity index (χ1v) is 17.1. The van der Waals surface area contributed by atoms with E-state index in [9.17, 15) is 20.1 Å². The molecular weight excluding hydrogens is 609 g/mol. The third-order valence-electron chi connectivity index (χ3n) is 7.47. The summed E-state index contributed by atoms with van der Waals surface area (Å²) in [4.78, 5) is 28.5. The number of Topliss-reactive ketones (excluding diaryl/α,β-unsaturated/α-hetero) is 1. The number of hydrogen-bond donors (Lipinski definition) is 1. The van der Waals surface area contributed by atoms with Crippen LogP contribution in [0.3, 0.4) is 0 Å². The first-order chi connectivity index (χ1) is 22.6. The Kier molecular flexibility index (Phi) is 9.91. The van der Waals surface area contributed by atoms with Crippen LogP contribution in [0.25, 0.3) is 11.0 Å². The zero-order chi connectivity index (χ0) is 33.7. The maximum absolute atomic E-state index is 14.4. The molecule has 0 aliphatic rings. The Bertz CT molecular complexity index is 1850. The Morgan fingerprint density at radius 3 is 1.74 bits per heavy atom. The van der Waals surface area contributed by atoms with E-state index in [0.29, 0.717) is 10.9 Å². The van der Waals surface area contributed by atoms with Gasteiger partial charge in [0.25, 0.3) is 0 Å². The van der Waals surface area contributed by atoms with E-state index in [1.54, 1.807) is 26.8 Å². The number of benzene rings is 4. The Morgan fingerprint density at radius 2 is 1.30 bits per heavy atom. The van der Waals surface area contributed by atoms with Gasteiger partial charge in [-0.3, -0.25) is 10.7 Å². The minimum absolute atomic E-state index is 0.00427. The fourth-order valence-electron chi connectivity index (χ4n) is 5.60. The normalized spacial score (nSPS) is 11.3. The predicted molar refractivity (Wildman–Crippen MR) is 189 cm³/mol. The summed E-state index contributed by atoms with van der Waals surface area (Å²) in [5, 5.41) is 24.3. The predicted octanol–water partition coefficient (Wildman–Crippen LogP) is 6.77. The number of carbonyl (C=O) groups is 2. The second-order valence-corrected chi connectivity index (χ2v) is 14.9. The molecule has 0 spiro atoms. The Hall–Kier alpha value is -5.22. The summed E-state index contributed by atoms with van der Waals surface area (Å²) in [6.07, 6.45) is -0.944. The second kappa shape index (κ2) is 14.0. The topological polar surface area (TPSA) is 108 Å². The summed E-state index contributed by atoms with van der Waals surface area (Å²) in [7, 11) is -3.09. The van der Waals surface area contributed by atoms with Gasteiger partial charge in [-0.25, -0.2) is 4.79 Å². The van der Waals surface area contributed by atoms with E-state index in [0.717, 1.165) is 15.9 Å². The molecular formula is C39H36NO6P. The molecule has 5 aromatic rings. The highest BCUT2D eigenvalue weighted by molar-refractivity contribution is 8.01. The third kappa shape index (κ3) is 6.41. The third-order valence-corrected chi connectivity index (χ3v) is 11.8. The minimum Gasteiger partial charge on any atom is -0.763 e. The van der Waals surface area contributed by atoms with Crippen molar-refractivity contribution in [1.29, 1.82) is 0 Å². The van der Waals surface area contributed by atoms with Gasteiger partial charge in [0.15, 0.2) is 18.6 Å². The van der Waals surface area contributed by atoms with Gasteiger partial charge in [0, 0.05) is 0 Å². The molecule has 0 aliphatic heterocycles. The van der Waals surface area contributed by atoms with Crippen molar-refractivity contribution in [1.82, 2.24) is 0 Å². The fourth-order valence-corrected chi connectivity index (χ4v) is 10.0. The molecule has 0 saturated carbocycles. The lowest BCUT2D eigenvalue weighted by atomic mass is 9.98. The summed E-state index contributed by atoms with van der Waals surface area (Å²) in [5.74, 6) is -0.154. The molecule has 1 aromatic heterocycles. The molecule has 0 amide bonds. The zero-order valence-corrected chi connectivity index (χ0v) is 27.8. The minimum atomic E-state index is -3.09. The molecule has 47 heavy (non-hydrogen) atoms. The van der Waals surface area contributed by atoms with E-state index < -0.39 is 36.8 Å². The zero-order valence-electron chi connectivity index (χ0n) is 26.9. The van der Waals surface area contributed by atoms with Gasteiger partial charge in [0.2, 0.25) is 11.1 Å². The van der Waals surface area contributed by atoms with Gasteiger partial charge in [-0.2, -0.15) is 0 Å². The molecule has 0 fully saturated rings. The molecule has 8 heteroatoms.